The Hall–Kier alpha value is -1.89. The first kappa shape index (κ1) is 15.5. The minimum Gasteiger partial charge on any atom is -0.480 e. The van der Waals surface area contributed by atoms with Gasteiger partial charge in [-0.25, -0.2) is 4.79 Å². The number of hydrogen-bond acceptors (Lipinski definition) is 4. The molecule has 0 spiro atoms. The van der Waals surface area contributed by atoms with E-state index in [1.165, 1.54) is 28.2 Å². The van der Waals surface area contributed by atoms with E-state index >= 15 is 0 Å². The zero-order chi connectivity index (χ0) is 15.4. The number of carboxylic acids is 1. The highest BCUT2D eigenvalue weighted by Gasteiger charge is 2.24. The summed E-state index contributed by atoms with van der Waals surface area (Å²) in [6, 6.07) is 0.556. The molecule has 21 heavy (non-hydrogen) atoms. The molecule has 1 aromatic heterocycles. The van der Waals surface area contributed by atoms with Crippen LogP contribution in [-0.4, -0.2) is 28.9 Å². The minimum absolute atomic E-state index is 0.411. The second-order valence-electron chi connectivity index (χ2n) is 5.15. The number of nitrogens with one attached hydrogen (secondary N) is 1. The van der Waals surface area contributed by atoms with Crippen molar-refractivity contribution in [3.8, 4) is 0 Å². The van der Waals surface area contributed by atoms with Crippen LogP contribution in [0.3, 0.4) is 0 Å². The number of primary amides is 1. The van der Waals surface area contributed by atoms with Crippen LogP contribution >= 0.6 is 11.3 Å². The highest BCUT2D eigenvalue weighted by molar-refractivity contribution is 7.14. The average molecular weight is 310 g/mol. The van der Waals surface area contributed by atoms with Crippen LogP contribution in [0.2, 0.25) is 0 Å². The lowest BCUT2D eigenvalue weighted by atomic mass is 10.1. The third-order valence-corrected chi connectivity index (χ3v) is 4.71. The standard InChI is InChI=1S/C14H18N2O4S/c15-12(17)7-9(14(19)20)16-13(18)11-6-8-4-2-1-3-5-10(8)21-11/h6,9H,1-5,7H2,(H2,15,17)(H,16,18)(H,19,20)/t9-/m0/s1. The molecule has 1 atom stereocenters. The number of carbonyl (C=O) groups is 3. The molecule has 114 valence electrons. The molecule has 0 aliphatic heterocycles. The number of aryl methyl sites for hydroxylation is 2. The lowest BCUT2D eigenvalue weighted by Crippen LogP contribution is -2.43. The van der Waals surface area contributed by atoms with Gasteiger partial charge in [0.25, 0.3) is 5.91 Å². The summed E-state index contributed by atoms with van der Waals surface area (Å²) in [4.78, 5) is 35.7. The molecule has 0 saturated carbocycles. The summed E-state index contributed by atoms with van der Waals surface area (Å²) < 4.78 is 0. The highest BCUT2D eigenvalue weighted by Crippen LogP contribution is 2.28. The number of hydrogen-bond donors (Lipinski definition) is 3. The number of thiophene rings is 1. The van der Waals surface area contributed by atoms with Crippen molar-refractivity contribution >= 4 is 29.1 Å². The predicted octanol–water partition coefficient (Wildman–Crippen LogP) is 1.08. The normalized spacial score (nSPS) is 15.6. The maximum atomic E-state index is 12.1. The van der Waals surface area contributed by atoms with Gasteiger partial charge in [0.1, 0.15) is 6.04 Å². The molecule has 0 unspecified atom stereocenters. The summed E-state index contributed by atoms with van der Waals surface area (Å²) in [5.41, 5.74) is 6.18. The summed E-state index contributed by atoms with van der Waals surface area (Å²) in [5, 5.41) is 11.4. The van der Waals surface area contributed by atoms with E-state index in [1.54, 1.807) is 0 Å². The van der Waals surface area contributed by atoms with Gasteiger partial charge in [0.05, 0.1) is 11.3 Å². The van der Waals surface area contributed by atoms with Crippen LogP contribution in [0.15, 0.2) is 6.07 Å². The number of carboxylic acid groups (broad SMARTS) is 1. The minimum atomic E-state index is -1.28. The fourth-order valence-corrected chi connectivity index (χ4v) is 3.57. The number of amides is 2. The van der Waals surface area contributed by atoms with Gasteiger partial charge in [0, 0.05) is 4.88 Å². The van der Waals surface area contributed by atoms with Crippen molar-refractivity contribution < 1.29 is 19.5 Å². The van der Waals surface area contributed by atoms with Crippen molar-refractivity contribution in [2.75, 3.05) is 0 Å². The van der Waals surface area contributed by atoms with Crippen molar-refractivity contribution in [2.24, 2.45) is 5.73 Å². The Morgan fingerprint density at radius 1 is 1.29 bits per heavy atom. The molecule has 0 saturated heterocycles. The lowest BCUT2D eigenvalue weighted by Gasteiger charge is -2.11. The Morgan fingerprint density at radius 2 is 2.00 bits per heavy atom. The Balaban J connectivity index is 2.09. The largest absolute Gasteiger partial charge is 0.480 e. The Labute approximate surface area is 126 Å². The van der Waals surface area contributed by atoms with Gasteiger partial charge in [-0.05, 0) is 37.3 Å². The van der Waals surface area contributed by atoms with Crippen LogP contribution in [0.4, 0.5) is 0 Å². The van der Waals surface area contributed by atoms with Crippen molar-refractivity contribution in [1.82, 2.24) is 5.32 Å². The van der Waals surface area contributed by atoms with Gasteiger partial charge >= 0.3 is 5.97 Å². The summed E-state index contributed by atoms with van der Waals surface area (Å²) in [6.45, 7) is 0. The van der Waals surface area contributed by atoms with Crippen LogP contribution in [-0.2, 0) is 22.4 Å². The van der Waals surface area contributed by atoms with E-state index in [0.717, 1.165) is 25.7 Å². The number of rotatable bonds is 5. The van der Waals surface area contributed by atoms with E-state index in [-0.39, 0.29) is 0 Å². The fourth-order valence-electron chi connectivity index (χ4n) is 2.41. The topological polar surface area (TPSA) is 109 Å². The first-order chi connectivity index (χ1) is 9.97. The lowest BCUT2D eigenvalue weighted by molar-refractivity contribution is -0.140. The third-order valence-electron chi connectivity index (χ3n) is 3.48. The van der Waals surface area contributed by atoms with E-state index in [2.05, 4.69) is 5.32 Å². The van der Waals surface area contributed by atoms with Crippen molar-refractivity contribution in [3.05, 3.63) is 21.4 Å². The van der Waals surface area contributed by atoms with E-state index in [1.807, 2.05) is 6.07 Å². The zero-order valence-corrected chi connectivity index (χ0v) is 12.4. The van der Waals surface area contributed by atoms with Gasteiger partial charge in [-0.1, -0.05) is 6.42 Å². The molecule has 4 N–H and O–H groups in total. The number of carbonyl (C=O) groups excluding carboxylic acids is 2. The number of fused-ring (bicyclic) bond motifs is 1. The summed E-state index contributed by atoms with van der Waals surface area (Å²) >= 11 is 1.41. The van der Waals surface area contributed by atoms with Crippen LogP contribution in [0, 0.1) is 0 Å². The van der Waals surface area contributed by atoms with E-state index < -0.39 is 30.2 Å². The summed E-state index contributed by atoms with van der Waals surface area (Å²) in [6.07, 6.45) is 4.95. The highest BCUT2D eigenvalue weighted by atomic mass is 32.1. The smallest absolute Gasteiger partial charge is 0.326 e. The molecular weight excluding hydrogens is 292 g/mol. The van der Waals surface area contributed by atoms with Gasteiger partial charge in [0.15, 0.2) is 0 Å². The van der Waals surface area contributed by atoms with E-state index in [4.69, 9.17) is 10.8 Å². The molecule has 2 rings (SSSR count). The Bertz CT molecular complexity index is 544. The number of aliphatic carboxylic acids is 1. The molecule has 7 heteroatoms. The number of nitrogens with two attached hydrogens (primary N) is 1. The zero-order valence-electron chi connectivity index (χ0n) is 11.6. The fraction of sp³-hybridized carbons (Fsp3) is 0.500. The van der Waals surface area contributed by atoms with Crippen LogP contribution in [0.1, 0.15) is 45.8 Å². The first-order valence-corrected chi connectivity index (χ1v) is 7.72. The molecule has 2 amide bonds. The van der Waals surface area contributed by atoms with E-state index in [0.29, 0.717) is 4.88 Å². The van der Waals surface area contributed by atoms with Crippen LogP contribution < -0.4 is 11.1 Å². The van der Waals surface area contributed by atoms with Crippen molar-refractivity contribution in [1.29, 1.82) is 0 Å². The summed E-state index contributed by atoms with van der Waals surface area (Å²) in [5.74, 6) is -2.48. The molecule has 0 radical (unpaired) electrons. The monoisotopic (exact) mass is 310 g/mol. The summed E-state index contributed by atoms with van der Waals surface area (Å²) in [7, 11) is 0. The Kier molecular flexibility index (Phi) is 4.95. The maximum absolute atomic E-state index is 12.1. The van der Waals surface area contributed by atoms with Crippen LogP contribution in [0.5, 0.6) is 0 Å². The molecule has 1 aromatic rings. The first-order valence-electron chi connectivity index (χ1n) is 6.91. The van der Waals surface area contributed by atoms with Gasteiger partial charge in [-0.2, -0.15) is 0 Å². The second kappa shape index (κ2) is 6.71. The van der Waals surface area contributed by atoms with Crippen LogP contribution in [0.25, 0.3) is 0 Å². The van der Waals surface area contributed by atoms with Crippen molar-refractivity contribution in [2.45, 2.75) is 44.6 Å². The van der Waals surface area contributed by atoms with E-state index in [9.17, 15) is 14.4 Å². The SMILES string of the molecule is NC(=O)C[C@H](NC(=O)c1cc2c(s1)CCCCC2)C(=O)O. The molecule has 0 fully saturated rings. The predicted molar refractivity (Wildman–Crippen MR) is 78.3 cm³/mol. The molecule has 1 heterocycles. The molecule has 0 aromatic carbocycles. The third kappa shape index (κ3) is 4.04. The Morgan fingerprint density at radius 3 is 2.67 bits per heavy atom. The maximum Gasteiger partial charge on any atom is 0.326 e. The molecule has 1 aliphatic rings. The molecule has 6 nitrogen and oxygen atoms in total. The molecule has 1 aliphatic carbocycles. The van der Waals surface area contributed by atoms with Gasteiger partial charge in [-0.15, -0.1) is 11.3 Å². The second-order valence-corrected chi connectivity index (χ2v) is 6.29. The van der Waals surface area contributed by atoms with Crippen molar-refractivity contribution in [3.63, 3.8) is 0 Å². The molecule has 0 bridgehead atoms. The van der Waals surface area contributed by atoms with Gasteiger partial charge in [-0.3, -0.25) is 9.59 Å². The quantitative estimate of drug-likeness (QED) is 0.707. The van der Waals surface area contributed by atoms with Gasteiger partial charge < -0.3 is 16.2 Å². The molecular formula is C14H18N2O4S. The van der Waals surface area contributed by atoms with Gasteiger partial charge in [0.2, 0.25) is 5.91 Å². The average Bonchev–Trinajstić information content (AvgIpc) is 2.69.